The molecule has 3 heteroatoms. The number of benzene rings is 1. The molecule has 1 rings (SSSR count). The van der Waals surface area contributed by atoms with Crippen LogP contribution in [-0.4, -0.2) is 23.9 Å². The van der Waals surface area contributed by atoms with Crippen molar-refractivity contribution in [2.45, 2.75) is 26.2 Å². The van der Waals surface area contributed by atoms with E-state index in [0.717, 1.165) is 11.1 Å². The van der Waals surface area contributed by atoms with E-state index < -0.39 is 0 Å². The number of aliphatic hydroxyl groups is 1. The average molecular weight is 210 g/mol. The molecule has 0 atom stereocenters. The zero-order valence-electron chi connectivity index (χ0n) is 9.66. The summed E-state index contributed by atoms with van der Waals surface area (Å²) < 4.78 is 5.06. The van der Waals surface area contributed by atoms with Crippen molar-refractivity contribution in [3.8, 4) is 11.5 Å². The van der Waals surface area contributed by atoms with Crippen molar-refractivity contribution < 1.29 is 14.9 Å². The normalized spacial score (nSPS) is 11.5. The first kappa shape index (κ1) is 11.9. The quantitative estimate of drug-likeness (QED) is 0.802. The summed E-state index contributed by atoms with van der Waals surface area (Å²) in [6, 6.07) is 3.57. The Labute approximate surface area is 90.3 Å². The second-order valence-corrected chi connectivity index (χ2v) is 4.39. The molecule has 1 aromatic carbocycles. The van der Waals surface area contributed by atoms with E-state index >= 15 is 0 Å². The molecular weight excluding hydrogens is 192 g/mol. The largest absolute Gasteiger partial charge is 0.504 e. The van der Waals surface area contributed by atoms with E-state index in [2.05, 4.69) is 0 Å². The van der Waals surface area contributed by atoms with Gasteiger partial charge in [-0.25, -0.2) is 0 Å². The van der Waals surface area contributed by atoms with Crippen molar-refractivity contribution in [3.63, 3.8) is 0 Å². The third-order valence-corrected chi connectivity index (χ3v) is 2.64. The Kier molecular flexibility index (Phi) is 3.25. The van der Waals surface area contributed by atoms with Gasteiger partial charge in [-0.05, 0) is 24.1 Å². The Hall–Kier alpha value is -1.22. The highest BCUT2D eigenvalue weighted by Gasteiger charge is 2.21. The summed E-state index contributed by atoms with van der Waals surface area (Å²) in [6.45, 7) is 5.76. The molecule has 0 bridgehead atoms. The van der Waals surface area contributed by atoms with Crippen molar-refractivity contribution in [3.05, 3.63) is 23.3 Å². The standard InChI is InChI=1S/C12H18O3/c1-8-5-9(12(2,3)7-13)6-10(14)11(8)15-4/h5-6,13-14H,7H2,1-4H3. The molecule has 0 fully saturated rings. The Morgan fingerprint density at radius 3 is 2.33 bits per heavy atom. The molecule has 0 aliphatic rings. The maximum Gasteiger partial charge on any atom is 0.163 e. The number of hydrogen-bond acceptors (Lipinski definition) is 3. The molecule has 2 N–H and O–H groups in total. The van der Waals surface area contributed by atoms with Gasteiger partial charge >= 0.3 is 0 Å². The molecule has 0 amide bonds. The SMILES string of the molecule is COc1c(C)cc(C(C)(C)CO)cc1O. The highest BCUT2D eigenvalue weighted by atomic mass is 16.5. The van der Waals surface area contributed by atoms with Crippen molar-refractivity contribution in [2.75, 3.05) is 13.7 Å². The Bertz CT molecular complexity index is 333. The third kappa shape index (κ3) is 2.23. The molecule has 15 heavy (non-hydrogen) atoms. The fraction of sp³-hybridized carbons (Fsp3) is 0.500. The first-order valence-electron chi connectivity index (χ1n) is 4.91. The van der Waals surface area contributed by atoms with Gasteiger partial charge in [0.05, 0.1) is 13.7 Å². The van der Waals surface area contributed by atoms with Gasteiger partial charge in [0.2, 0.25) is 0 Å². The number of rotatable bonds is 3. The summed E-state index contributed by atoms with van der Waals surface area (Å²) in [4.78, 5) is 0. The summed E-state index contributed by atoms with van der Waals surface area (Å²) >= 11 is 0. The molecule has 84 valence electrons. The number of methoxy groups -OCH3 is 1. The van der Waals surface area contributed by atoms with Crippen LogP contribution in [0.15, 0.2) is 12.1 Å². The maximum absolute atomic E-state index is 9.72. The number of ether oxygens (including phenoxy) is 1. The summed E-state index contributed by atoms with van der Waals surface area (Å²) in [7, 11) is 1.53. The number of aromatic hydroxyl groups is 1. The molecule has 0 unspecified atom stereocenters. The van der Waals surface area contributed by atoms with Gasteiger partial charge in [0.1, 0.15) is 0 Å². The van der Waals surface area contributed by atoms with Gasteiger partial charge in [0, 0.05) is 5.41 Å². The molecule has 0 aliphatic carbocycles. The van der Waals surface area contributed by atoms with Crippen LogP contribution in [0.4, 0.5) is 0 Å². The van der Waals surface area contributed by atoms with Crippen LogP contribution in [0, 0.1) is 6.92 Å². The Morgan fingerprint density at radius 2 is 1.93 bits per heavy atom. The molecule has 1 aromatic rings. The molecule has 0 spiro atoms. The Morgan fingerprint density at radius 1 is 1.33 bits per heavy atom. The van der Waals surface area contributed by atoms with Gasteiger partial charge in [0.15, 0.2) is 11.5 Å². The summed E-state index contributed by atoms with van der Waals surface area (Å²) in [5.41, 5.74) is 1.42. The molecule has 0 saturated heterocycles. The monoisotopic (exact) mass is 210 g/mol. The van der Waals surface area contributed by atoms with E-state index in [1.807, 2.05) is 26.8 Å². The van der Waals surface area contributed by atoms with Crippen LogP contribution in [0.25, 0.3) is 0 Å². The Balaban J connectivity index is 3.26. The van der Waals surface area contributed by atoms with Gasteiger partial charge in [-0.1, -0.05) is 19.9 Å². The van der Waals surface area contributed by atoms with Crippen molar-refractivity contribution in [1.82, 2.24) is 0 Å². The molecule has 0 saturated carbocycles. The van der Waals surface area contributed by atoms with Gasteiger partial charge in [0.25, 0.3) is 0 Å². The minimum atomic E-state index is -0.353. The number of aliphatic hydroxyl groups excluding tert-OH is 1. The molecule has 0 aromatic heterocycles. The zero-order valence-corrected chi connectivity index (χ0v) is 9.66. The van der Waals surface area contributed by atoms with Crippen LogP contribution >= 0.6 is 0 Å². The topological polar surface area (TPSA) is 49.7 Å². The van der Waals surface area contributed by atoms with E-state index in [-0.39, 0.29) is 17.8 Å². The first-order chi connectivity index (χ1) is 6.92. The van der Waals surface area contributed by atoms with Gasteiger partial charge < -0.3 is 14.9 Å². The second-order valence-electron chi connectivity index (χ2n) is 4.39. The van der Waals surface area contributed by atoms with E-state index in [4.69, 9.17) is 4.74 Å². The molecule has 3 nitrogen and oxygen atoms in total. The number of phenolic OH excluding ortho intramolecular Hbond substituents is 1. The minimum absolute atomic E-state index is 0.0399. The molecule has 0 aliphatic heterocycles. The van der Waals surface area contributed by atoms with Crippen molar-refractivity contribution in [1.29, 1.82) is 0 Å². The lowest BCUT2D eigenvalue weighted by molar-refractivity contribution is 0.218. The average Bonchev–Trinajstić information content (AvgIpc) is 2.17. The van der Waals surface area contributed by atoms with Gasteiger partial charge in [-0.3, -0.25) is 0 Å². The van der Waals surface area contributed by atoms with Crippen LogP contribution in [0.3, 0.4) is 0 Å². The third-order valence-electron chi connectivity index (χ3n) is 2.64. The maximum atomic E-state index is 9.72. The summed E-state index contributed by atoms with van der Waals surface area (Å²) in [5.74, 6) is 0.613. The number of phenols is 1. The number of aryl methyl sites for hydroxylation is 1. The van der Waals surface area contributed by atoms with Gasteiger partial charge in [-0.2, -0.15) is 0 Å². The van der Waals surface area contributed by atoms with E-state index in [1.165, 1.54) is 7.11 Å². The van der Waals surface area contributed by atoms with Crippen LogP contribution in [0.2, 0.25) is 0 Å². The molecule has 0 heterocycles. The molecule has 0 radical (unpaired) electrons. The highest BCUT2D eigenvalue weighted by Crippen LogP contribution is 2.35. The van der Waals surface area contributed by atoms with E-state index in [9.17, 15) is 10.2 Å². The van der Waals surface area contributed by atoms with Crippen molar-refractivity contribution >= 4 is 0 Å². The molecular formula is C12H18O3. The zero-order chi connectivity index (χ0) is 11.6. The predicted octanol–water partition coefficient (Wildman–Crippen LogP) is 1.98. The van der Waals surface area contributed by atoms with Gasteiger partial charge in [-0.15, -0.1) is 0 Å². The smallest absolute Gasteiger partial charge is 0.163 e. The fourth-order valence-corrected chi connectivity index (χ4v) is 1.50. The minimum Gasteiger partial charge on any atom is -0.504 e. The summed E-state index contributed by atoms with van der Waals surface area (Å²) in [6.07, 6.45) is 0. The van der Waals surface area contributed by atoms with Crippen LogP contribution in [0.1, 0.15) is 25.0 Å². The second kappa shape index (κ2) is 4.11. The van der Waals surface area contributed by atoms with Crippen LogP contribution in [0.5, 0.6) is 11.5 Å². The fourth-order valence-electron chi connectivity index (χ4n) is 1.50. The number of hydrogen-bond donors (Lipinski definition) is 2. The lowest BCUT2D eigenvalue weighted by atomic mass is 9.84. The van der Waals surface area contributed by atoms with E-state index in [0.29, 0.717) is 5.75 Å². The van der Waals surface area contributed by atoms with Crippen LogP contribution < -0.4 is 4.74 Å². The predicted molar refractivity (Wildman–Crippen MR) is 59.5 cm³/mol. The van der Waals surface area contributed by atoms with Crippen LogP contribution in [-0.2, 0) is 5.41 Å². The van der Waals surface area contributed by atoms with E-state index in [1.54, 1.807) is 6.07 Å². The lowest BCUT2D eigenvalue weighted by Crippen LogP contribution is -2.22. The van der Waals surface area contributed by atoms with Crippen molar-refractivity contribution in [2.24, 2.45) is 0 Å². The first-order valence-corrected chi connectivity index (χ1v) is 4.91. The highest BCUT2D eigenvalue weighted by molar-refractivity contribution is 5.49. The lowest BCUT2D eigenvalue weighted by Gasteiger charge is -2.23. The summed E-state index contributed by atoms with van der Waals surface area (Å²) in [5, 5.41) is 19.0.